The Morgan fingerprint density at radius 3 is 2.30 bits per heavy atom. The van der Waals surface area contributed by atoms with Crippen molar-refractivity contribution < 1.29 is 28.6 Å². The number of rotatable bonds is 6. The lowest BCUT2D eigenvalue weighted by atomic mass is 9.86. The number of nitrogens with one attached hydrogen (secondary N) is 2. The van der Waals surface area contributed by atoms with Crippen LogP contribution in [0.4, 0.5) is 4.79 Å². The van der Waals surface area contributed by atoms with Crippen molar-refractivity contribution in [3.05, 3.63) is 23.8 Å². The van der Waals surface area contributed by atoms with Crippen LogP contribution in [0, 0.1) is 5.92 Å². The molecule has 3 amide bonds. The van der Waals surface area contributed by atoms with Crippen molar-refractivity contribution in [2.24, 2.45) is 5.92 Å². The highest BCUT2D eigenvalue weighted by molar-refractivity contribution is 5.99. The SMILES string of the molecule is COc1cccc(OC)c1C(=O)OCC(=O)NC(=O)N[C@@H]1CCCC[C@H]1C. The predicted molar refractivity (Wildman–Crippen MR) is 97.9 cm³/mol. The van der Waals surface area contributed by atoms with Crippen LogP contribution in [0.2, 0.25) is 0 Å². The van der Waals surface area contributed by atoms with E-state index in [0.717, 1.165) is 25.7 Å². The van der Waals surface area contributed by atoms with E-state index in [1.807, 2.05) is 0 Å². The Morgan fingerprint density at radius 1 is 1.07 bits per heavy atom. The third-order valence-corrected chi connectivity index (χ3v) is 4.65. The van der Waals surface area contributed by atoms with Gasteiger partial charge in [0.05, 0.1) is 14.2 Å². The minimum absolute atomic E-state index is 0.0481. The summed E-state index contributed by atoms with van der Waals surface area (Å²) in [5.41, 5.74) is 0.0794. The fraction of sp³-hybridized carbons (Fsp3) is 0.526. The van der Waals surface area contributed by atoms with Gasteiger partial charge in [-0.1, -0.05) is 25.8 Å². The summed E-state index contributed by atoms with van der Waals surface area (Å²) in [5.74, 6) is -0.582. The largest absolute Gasteiger partial charge is 0.496 e. The number of carbonyl (C=O) groups is 3. The summed E-state index contributed by atoms with van der Waals surface area (Å²) in [5, 5.41) is 4.99. The van der Waals surface area contributed by atoms with Gasteiger partial charge in [-0.05, 0) is 30.9 Å². The van der Waals surface area contributed by atoms with E-state index in [1.165, 1.54) is 14.2 Å². The number of imide groups is 1. The number of urea groups is 1. The van der Waals surface area contributed by atoms with Gasteiger partial charge in [-0.2, -0.15) is 0 Å². The van der Waals surface area contributed by atoms with Gasteiger partial charge in [0.15, 0.2) is 6.61 Å². The Balaban J connectivity index is 1.86. The van der Waals surface area contributed by atoms with Crippen LogP contribution in [0.1, 0.15) is 43.0 Å². The van der Waals surface area contributed by atoms with E-state index in [0.29, 0.717) is 5.92 Å². The van der Waals surface area contributed by atoms with Crippen molar-refractivity contribution in [3.63, 3.8) is 0 Å². The molecule has 2 N–H and O–H groups in total. The first-order chi connectivity index (χ1) is 13.0. The average molecular weight is 378 g/mol. The van der Waals surface area contributed by atoms with Crippen LogP contribution >= 0.6 is 0 Å². The molecule has 0 aromatic heterocycles. The molecule has 0 heterocycles. The van der Waals surface area contributed by atoms with Gasteiger partial charge in [0, 0.05) is 6.04 Å². The third kappa shape index (κ3) is 5.60. The molecule has 2 atom stereocenters. The zero-order chi connectivity index (χ0) is 19.8. The molecule has 27 heavy (non-hydrogen) atoms. The van der Waals surface area contributed by atoms with Crippen LogP contribution in [0.5, 0.6) is 11.5 Å². The summed E-state index contributed by atoms with van der Waals surface area (Å²) in [6.45, 7) is 1.49. The third-order valence-electron chi connectivity index (χ3n) is 4.65. The second-order valence-corrected chi connectivity index (χ2v) is 6.50. The molecule has 0 bridgehead atoms. The molecular weight excluding hydrogens is 352 g/mol. The molecule has 1 aromatic rings. The van der Waals surface area contributed by atoms with E-state index in [1.54, 1.807) is 18.2 Å². The first kappa shape index (κ1) is 20.5. The van der Waals surface area contributed by atoms with Gasteiger partial charge in [-0.25, -0.2) is 9.59 Å². The Labute approximate surface area is 158 Å². The van der Waals surface area contributed by atoms with Gasteiger partial charge in [0.25, 0.3) is 5.91 Å². The second-order valence-electron chi connectivity index (χ2n) is 6.50. The highest BCUT2D eigenvalue weighted by Crippen LogP contribution is 2.28. The van der Waals surface area contributed by atoms with Crippen molar-refractivity contribution in [1.29, 1.82) is 0 Å². The van der Waals surface area contributed by atoms with E-state index >= 15 is 0 Å². The van der Waals surface area contributed by atoms with Gasteiger partial charge < -0.3 is 19.5 Å². The van der Waals surface area contributed by atoms with Crippen LogP contribution in [0.3, 0.4) is 0 Å². The average Bonchev–Trinajstić information content (AvgIpc) is 2.67. The number of benzene rings is 1. The summed E-state index contributed by atoms with van der Waals surface area (Å²) >= 11 is 0. The van der Waals surface area contributed by atoms with E-state index < -0.39 is 24.5 Å². The van der Waals surface area contributed by atoms with Crippen molar-refractivity contribution in [2.75, 3.05) is 20.8 Å². The van der Waals surface area contributed by atoms with Crippen LogP contribution in [-0.2, 0) is 9.53 Å². The summed E-state index contributed by atoms with van der Waals surface area (Å²) in [6, 6.07) is 4.30. The standard InChI is InChI=1S/C19H26N2O6/c1-12-7-4-5-8-13(12)20-19(24)21-16(22)11-27-18(23)17-14(25-2)9-6-10-15(17)26-3/h6,9-10,12-13H,4-5,7-8,11H2,1-3H3,(H2,20,21,22,24)/t12-,13-/m1/s1. The monoisotopic (exact) mass is 378 g/mol. The summed E-state index contributed by atoms with van der Waals surface area (Å²) in [4.78, 5) is 36.2. The van der Waals surface area contributed by atoms with Gasteiger partial charge in [-0.15, -0.1) is 0 Å². The second kappa shape index (κ2) is 9.80. The molecule has 148 valence electrons. The van der Waals surface area contributed by atoms with Gasteiger partial charge in [0.1, 0.15) is 17.1 Å². The predicted octanol–water partition coefficient (Wildman–Crippen LogP) is 2.27. The number of ether oxygens (including phenoxy) is 3. The minimum atomic E-state index is -0.777. The Hall–Kier alpha value is -2.77. The van der Waals surface area contributed by atoms with Gasteiger partial charge in [-0.3, -0.25) is 10.1 Å². The van der Waals surface area contributed by atoms with Crippen LogP contribution in [-0.4, -0.2) is 44.8 Å². The van der Waals surface area contributed by atoms with Gasteiger partial charge >= 0.3 is 12.0 Å². The molecule has 8 nitrogen and oxygen atoms in total. The summed E-state index contributed by atoms with van der Waals surface area (Å²) in [7, 11) is 2.82. The van der Waals surface area contributed by atoms with Gasteiger partial charge in [0.2, 0.25) is 0 Å². The molecule has 1 saturated carbocycles. The molecule has 2 rings (SSSR count). The lowest BCUT2D eigenvalue weighted by Gasteiger charge is -2.29. The Morgan fingerprint density at radius 2 is 1.70 bits per heavy atom. The van der Waals surface area contributed by atoms with Crippen LogP contribution in [0.15, 0.2) is 18.2 Å². The van der Waals surface area contributed by atoms with E-state index in [2.05, 4.69) is 17.6 Å². The first-order valence-corrected chi connectivity index (χ1v) is 8.94. The normalized spacial score (nSPS) is 18.9. The Bertz CT molecular complexity index is 669. The van der Waals surface area contributed by atoms with Crippen LogP contribution < -0.4 is 20.1 Å². The van der Waals surface area contributed by atoms with Crippen LogP contribution in [0.25, 0.3) is 0 Å². The highest BCUT2D eigenvalue weighted by atomic mass is 16.5. The zero-order valence-electron chi connectivity index (χ0n) is 15.9. The number of esters is 1. The molecular formula is C19H26N2O6. The number of hydrogen-bond acceptors (Lipinski definition) is 6. The molecule has 8 heteroatoms. The van der Waals surface area contributed by atoms with Crippen molar-refractivity contribution in [1.82, 2.24) is 10.6 Å². The van der Waals surface area contributed by atoms with Crippen molar-refractivity contribution >= 4 is 17.9 Å². The van der Waals surface area contributed by atoms with E-state index in [9.17, 15) is 14.4 Å². The van der Waals surface area contributed by atoms with Crippen molar-refractivity contribution in [3.8, 4) is 11.5 Å². The maximum Gasteiger partial charge on any atom is 0.346 e. The lowest BCUT2D eigenvalue weighted by Crippen LogP contribution is -2.48. The maximum absolute atomic E-state index is 12.3. The molecule has 1 aromatic carbocycles. The number of methoxy groups -OCH3 is 2. The summed E-state index contributed by atoms with van der Waals surface area (Å²) < 4.78 is 15.3. The fourth-order valence-corrected chi connectivity index (χ4v) is 3.15. The maximum atomic E-state index is 12.3. The smallest absolute Gasteiger partial charge is 0.346 e. The number of carbonyl (C=O) groups excluding carboxylic acids is 3. The fourth-order valence-electron chi connectivity index (χ4n) is 3.15. The number of amides is 3. The molecule has 1 aliphatic carbocycles. The molecule has 0 spiro atoms. The molecule has 0 unspecified atom stereocenters. The lowest BCUT2D eigenvalue weighted by molar-refractivity contribution is -0.123. The zero-order valence-corrected chi connectivity index (χ0v) is 15.9. The molecule has 0 aliphatic heterocycles. The first-order valence-electron chi connectivity index (χ1n) is 8.94. The topological polar surface area (TPSA) is 103 Å². The van der Waals surface area contributed by atoms with Crippen molar-refractivity contribution in [2.45, 2.75) is 38.6 Å². The molecule has 0 saturated heterocycles. The molecule has 1 fully saturated rings. The van der Waals surface area contributed by atoms with E-state index in [4.69, 9.17) is 14.2 Å². The number of hydrogen-bond donors (Lipinski definition) is 2. The molecule has 1 aliphatic rings. The summed E-state index contributed by atoms with van der Waals surface area (Å²) in [6.07, 6.45) is 4.16. The van der Waals surface area contributed by atoms with E-state index in [-0.39, 0.29) is 23.1 Å². The highest BCUT2D eigenvalue weighted by Gasteiger charge is 2.24. The minimum Gasteiger partial charge on any atom is -0.496 e. The molecule has 0 radical (unpaired) electrons. The Kier molecular flexibility index (Phi) is 7.45. The quantitative estimate of drug-likeness (QED) is 0.736.